The van der Waals surface area contributed by atoms with E-state index in [1.54, 1.807) is 0 Å². The first kappa shape index (κ1) is 47.9. The van der Waals surface area contributed by atoms with E-state index in [4.69, 9.17) is 0 Å². The molecular weight excluding hydrogens is 785 g/mol. The van der Waals surface area contributed by atoms with Crippen LogP contribution in [0.15, 0.2) is 133 Å². The van der Waals surface area contributed by atoms with Gasteiger partial charge in [-0.1, -0.05) is 189 Å². The normalized spacial score (nSPS) is 12.6. The number of aryl methyl sites for hydroxylation is 4. The molecule has 2 nitrogen and oxygen atoms in total. The summed E-state index contributed by atoms with van der Waals surface area (Å²) in [5.74, 6) is 0. The van der Waals surface area contributed by atoms with Gasteiger partial charge in [0, 0.05) is 39.5 Å². The van der Waals surface area contributed by atoms with Gasteiger partial charge in [0.15, 0.2) is 0 Å². The van der Waals surface area contributed by atoms with E-state index in [1.807, 2.05) is 0 Å². The highest BCUT2D eigenvalue weighted by Gasteiger charge is 2.43. The first-order chi connectivity index (χ1) is 31.9. The molecule has 0 saturated heterocycles. The molecule has 1 aliphatic carbocycles. The van der Waals surface area contributed by atoms with E-state index in [1.165, 1.54) is 194 Å². The number of unbranched alkanes of at least 4 members (excludes halogenated alkanes) is 12. The van der Waals surface area contributed by atoms with E-state index in [2.05, 4.69) is 185 Å². The van der Waals surface area contributed by atoms with E-state index in [0.717, 1.165) is 12.8 Å². The van der Waals surface area contributed by atoms with Gasteiger partial charge in [-0.25, -0.2) is 0 Å². The maximum Gasteiger partial charge on any atom is 0.0465 e. The molecule has 0 bridgehead atoms. The number of hydrogen-bond donors (Lipinski definition) is 0. The van der Waals surface area contributed by atoms with Crippen molar-refractivity contribution in [3.63, 3.8) is 0 Å². The highest BCUT2D eigenvalue weighted by Crippen LogP contribution is 2.57. The van der Waals surface area contributed by atoms with Gasteiger partial charge in [0.2, 0.25) is 0 Å². The van der Waals surface area contributed by atoms with E-state index >= 15 is 0 Å². The van der Waals surface area contributed by atoms with Crippen molar-refractivity contribution in [3.05, 3.63) is 167 Å². The Kier molecular flexibility index (Phi) is 17.6. The Bertz CT molecular complexity index is 2170. The molecule has 0 aromatic heterocycles. The summed E-state index contributed by atoms with van der Waals surface area (Å²) in [5, 5.41) is 0. The van der Waals surface area contributed by atoms with Crippen LogP contribution in [0.2, 0.25) is 0 Å². The standard InChI is InChI=1S/C63H80N2/c1-7-11-15-17-19-21-45-63(46-22-20-18-16-12-8-2)61-47-57(64(53-33-25-49(5)26-34-53)55-37-29-51(30-38-55)23-13-9-3)41-43-59(61)60-44-42-58(48-62(60)63)65(54-35-27-50(6)28-36-54)56-39-31-52(32-40-56)24-14-10-4/h25-44,47-48H,7-24,45-46H2,1-6H3. The second-order valence-corrected chi connectivity index (χ2v) is 19.5. The summed E-state index contributed by atoms with van der Waals surface area (Å²) in [6, 6.07) is 52.2. The fourth-order valence-corrected chi connectivity index (χ4v) is 10.5. The fourth-order valence-electron chi connectivity index (χ4n) is 10.5. The minimum atomic E-state index is -0.0852. The Morgan fingerprint density at radius 3 is 0.985 bits per heavy atom. The summed E-state index contributed by atoms with van der Waals surface area (Å²) in [6.45, 7) is 13.6. The average Bonchev–Trinajstić information content (AvgIpc) is 3.60. The van der Waals surface area contributed by atoms with Gasteiger partial charge in [0.1, 0.15) is 0 Å². The van der Waals surface area contributed by atoms with Gasteiger partial charge < -0.3 is 9.80 Å². The molecule has 1 aliphatic rings. The van der Waals surface area contributed by atoms with Gasteiger partial charge in [0.05, 0.1) is 0 Å². The number of benzene rings is 6. The van der Waals surface area contributed by atoms with Crippen LogP contribution in [0.25, 0.3) is 11.1 Å². The maximum atomic E-state index is 2.63. The molecular formula is C63H80N2. The van der Waals surface area contributed by atoms with Crippen LogP contribution in [0.1, 0.15) is 177 Å². The van der Waals surface area contributed by atoms with Crippen molar-refractivity contribution in [2.75, 3.05) is 9.80 Å². The van der Waals surface area contributed by atoms with Gasteiger partial charge in [0.25, 0.3) is 0 Å². The van der Waals surface area contributed by atoms with Crippen molar-refractivity contribution < 1.29 is 0 Å². The Morgan fingerprint density at radius 1 is 0.323 bits per heavy atom. The van der Waals surface area contributed by atoms with E-state index in [0.29, 0.717) is 0 Å². The maximum absolute atomic E-state index is 2.63. The van der Waals surface area contributed by atoms with Crippen LogP contribution >= 0.6 is 0 Å². The molecule has 2 heteroatoms. The summed E-state index contributed by atoms with van der Waals surface area (Å²) >= 11 is 0. The highest BCUT2D eigenvalue weighted by atomic mass is 15.1. The third-order valence-electron chi connectivity index (χ3n) is 14.4. The third-order valence-corrected chi connectivity index (χ3v) is 14.4. The number of nitrogens with zero attached hydrogens (tertiary/aromatic N) is 2. The molecule has 6 aromatic carbocycles. The van der Waals surface area contributed by atoms with E-state index in [9.17, 15) is 0 Å². The Labute approximate surface area is 395 Å². The van der Waals surface area contributed by atoms with Crippen molar-refractivity contribution in [1.29, 1.82) is 0 Å². The van der Waals surface area contributed by atoms with Crippen LogP contribution < -0.4 is 9.80 Å². The first-order valence-corrected chi connectivity index (χ1v) is 26.1. The lowest BCUT2D eigenvalue weighted by atomic mass is 9.70. The minimum absolute atomic E-state index is 0.0852. The van der Waals surface area contributed by atoms with E-state index in [-0.39, 0.29) is 5.41 Å². The molecule has 0 atom stereocenters. The number of hydrogen-bond acceptors (Lipinski definition) is 2. The monoisotopic (exact) mass is 865 g/mol. The quantitative estimate of drug-likeness (QED) is 0.0501. The second-order valence-electron chi connectivity index (χ2n) is 19.5. The van der Waals surface area contributed by atoms with Crippen LogP contribution in [0.3, 0.4) is 0 Å². The van der Waals surface area contributed by atoms with Gasteiger partial charge in [-0.2, -0.15) is 0 Å². The van der Waals surface area contributed by atoms with Crippen LogP contribution in [-0.4, -0.2) is 0 Å². The predicted octanol–water partition coefficient (Wildman–Crippen LogP) is 19.7. The Hall–Kier alpha value is -5.08. The van der Waals surface area contributed by atoms with Gasteiger partial charge in [-0.15, -0.1) is 0 Å². The van der Waals surface area contributed by atoms with Gasteiger partial charge in [-0.3, -0.25) is 0 Å². The number of rotatable bonds is 26. The highest BCUT2D eigenvalue weighted by molar-refractivity contribution is 5.88. The predicted molar refractivity (Wildman–Crippen MR) is 285 cm³/mol. The molecule has 6 aromatic rings. The zero-order valence-corrected chi connectivity index (χ0v) is 41.2. The zero-order valence-electron chi connectivity index (χ0n) is 41.2. The summed E-state index contributed by atoms with van der Waals surface area (Å²) in [6.07, 6.45) is 25.1. The molecule has 7 rings (SSSR count). The summed E-state index contributed by atoms with van der Waals surface area (Å²) < 4.78 is 0. The molecule has 0 fully saturated rings. The Morgan fingerprint density at radius 2 is 0.631 bits per heavy atom. The molecule has 0 aliphatic heterocycles. The second kappa shape index (κ2) is 23.9. The van der Waals surface area contributed by atoms with Crippen molar-refractivity contribution in [1.82, 2.24) is 0 Å². The lowest BCUT2D eigenvalue weighted by Gasteiger charge is -2.35. The molecule has 342 valence electrons. The molecule has 0 heterocycles. The molecule has 0 amide bonds. The third kappa shape index (κ3) is 11.9. The summed E-state index contributed by atoms with van der Waals surface area (Å²) in [5.41, 5.74) is 18.6. The van der Waals surface area contributed by atoms with Crippen LogP contribution in [-0.2, 0) is 18.3 Å². The Balaban J connectivity index is 1.38. The van der Waals surface area contributed by atoms with Crippen molar-refractivity contribution in [3.8, 4) is 11.1 Å². The molecule has 0 unspecified atom stereocenters. The van der Waals surface area contributed by atoms with Gasteiger partial charge >= 0.3 is 0 Å². The lowest BCUT2D eigenvalue weighted by Crippen LogP contribution is -2.26. The summed E-state index contributed by atoms with van der Waals surface area (Å²) in [4.78, 5) is 5.03. The van der Waals surface area contributed by atoms with Crippen LogP contribution in [0, 0.1) is 13.8 Å². The number of fused-ring (bicyclic) bond motifs is 3. The van der Waals surface area contributed by atoms with Crippen molar-refractivity contribution in [2.45, 2.75) is 175 Å². The van der Waals surface area contributed by atoms with E-state index < -0.39 is 0 Å². The lowest BCUT2D eigenvalue weighted by molar-refractivity contribution is 0.398. The van der Waals surface area contributed by atoms with Gasteiger partial charge in [-0.05, 0) is 159 Å². The summed E-state index contributed by atoms with van der Waals surface area (Å²) in [7, 11) is 0. The van der Waals surface area contributed by atoms with Crippen molar-refractivity contribution >= 4 is 34.1 Å². The molecule has 0 radical (unpaired) electrons. The zero-order chi connectivity index (χ0) is 45.4. The molecule has 0 N–H and O–H groups in total. The molecule has 65 heavy (non-hydrogen) atoms. The smallest absolute Gasteiger partial charge is 0.0465 e. The molecule has 0 spiro atoms. The number of anilines is 6. The average molecular weight is 865 g/mol. The minimum Gasteiger partial charge on any atom is -0.310 e. The first-order valence-electron chi connectivity index (χ1n) is 26.1. The largest absolute Gasteiger partial charge is 0.310 e. The fraction of sp³-hybridized carbons (Fsp3) is 0.429. The SMILES string of the molecule is CCCCCCCCC1(CCCCCCCC)c2cc(N(c3ccc(C)cc3)c3ccc(CCCC)cc3)ccc2-c2ccc(N(c3ccc(C)cc3)c3ccc(CCCC)cc3)cc21. The molecule has 0 saturated carbocycles. The van der Waals surface area contributed by atoms with Crippen molar-refractivity contribution in [2.24, 2.45) is 0 Å². The van der Waals surface area contributed by atoms with Crippen LogP contribution in [0.5, 0.6) is 0 Å². The van der Waals surface area contributed by atoms with Crippen LogP contribution in [0.4, 0.5) is 34.1 Å². The topological polar surface area (TPSA) is 6.48 Å².